The Morgan fingerprint density at radius 3 is 2.68 bits per heavy atom. The molecule has 1 aliphatic carbocycles. The molecule has 1 aromatic rings. The number of aromatic nitrogens is 2. The quantitative estimate of drug-likeness (QED) is 0.861. The van der Waals surface area contributed by atoms with Crippen molar-refractivity contribution >= 4 is 30.8 Å². The van der Waals surface area contributed by atoms with Crippen molar-refractivity contribution in [1.29, 1.82) is 0 Å². The van der Waals surface area contributed by atoms with E-state index in [4.69, 9.17) is 4.98 Å². The number of halogens is 2. The van der Waals surface area contributed by atoms with Gasteiger partial charge in [0.05, 0.1) is 5.69 Å². The Labute approximate surface area is 127 Å². The van der Waals surface area contributed by atoms with Gasteiger partial charge in [-0.25, -0.2) is 9.97 Å². The minimum Gasteiger partial charge on any atom is -0.347 e. The molecule has 1 unspecified atom stereocenters. The first-order valence-corrected chi connectivity index (χ1v) is 6.46. The highest BCUT2D eigenvalue weighted by atomic mass is 35.5. The average Bonchev–Trinajstić information content (AvgIpc) is 2.69. The number of piperidine rings is 1. The van der Waals surface area contributed by atoms with Crippen LogP contribution >= 0.6 is 24.8 Å². The molecule has 1 aromatic heterocycles. The van der Waals surface area contributed by atoms with Crippen molar-refractivity contribution in [3.63, 3.8) is 0 Å². The summed E-state index contributed by atoms with van der Waals surface area (Å²) in [5.74, 6) is 0.843. The smallest absolute Gasteiger partial charge is 0.225 e. The van der Waals surface area contributed by atoms with E-state index >= 15 is 0 Å². The molecule has 3 rings (SSSR count). The van der Waals surface area contributed by atoms with E-state index in [1.54, 1.807) is 0 Å². The largest absolute Gasteiger partial charge is 0.347 e. The van der Waals surface area contributed by atoms with Gasteiger partial charge < -0.3 is 10.2 Å². The van der Waals surface area contributed by atoms with Crippen LogP contribution in [0.4, 0.5) is 5.95 Å². The van der Waals surface area contributed by atoms with Gasteiger partial charge in [0.2, 0.25) is 5.95 Å². The maximum absolute atomic E-state index is 4.80. The molecule has 1 aliphatic heterocycles. The molecule has 1 saturated heterocycles. The predicted molar refractivity (Wildman–Crippen MR) is 83.0 cm³/mol. The zero-order chi connectivity index (χ0) is 11.9. The van der Waals surface area contributed by atoms with Crippen LogP contribution in [0, 0.1) is 0 Å². The van der Waals surface area contributed by atoms with Crippen LogP contribution in [0.1, 0.15) is 30.5 Å². The van der Waals surface area contributed by atoms with Gasteiger partial charge in [0.1, 0.15) is 0 Å². The fraction of sp³-hybridized carbons (Fsp3) is 0.692. The maximum atomic E-state index is 4.80. The SMILES string of the molecule is CN(C)c1ncc2c(n1)C1(CCCNC1)CC2.Cl.Cl. The van der Waals surface area contributed by atoms with Crippen LogP contribution in [0.25, 0.3) is 0 Å². The van der Waals surface area contributed by atoms with Crippen molar-refractivity contribution in [3.8, 4) is 0 Å². The van der Waals surface area contributed by atoms with Gasteiger partial charge in [0.25, 0.3) is 0 Å². The van der Waals surface area contributed by atoms with Gasteiger partial charge in [-0.15, -0.1) is 24.8 Å². The molecule has 6 heteroatoms. The first kappa shape index (κ1) is 16.5. The fourth-order valence-corrected chi connectivity index (χ4v) is 3.13. The van der Waals surface area contributed by atoms with Gasteiger partial charge >= 0.3 is 0 Å². The highest BCUT2D eigenvalue weighted by Gasteiger charge is 2.41. The Morgan fingerprint density at radius 1 is 1.26 bits per heavy atom. The molecule has 0 saturated carbocycles. The lowest BCUT2D eigenvalue weighted by Crippen LogP contribution is -2.42. The molecule has 108 valence electrons. The van der Waals surface area contributed by atoms with Gasteiger partial charge in [-0.2, -0.15) is 0 Å². The van der Waals surface area contributed by atoms with Gasteiger partial charge in [0.15, 0.2) is 0 Å². The van der Waals surface area contributed by atoms with Gasteiger partial charge in [-0.05, 0) is 37.8 Å². The highest BCUT2D eigenvalue weighted by Crippen LogP contribution is 2.42. The standard InChI is InChI=1S/C13H20N4.2ClH/c1-17(2)12-15-8-10-4-6-13(11(10)16-12)5-3-7-14-9-13;;/h8,14H,3-7,9H2,1-2H3;2*1H. The third-order valence-corrected chi connectivity index (χ3v) is 4.10. The van der Waals surface area contributed by atoms with E-state index < -0.39 is 0 Å². The highest BCUT2D eigenvalue weighted by molar-refractivity contribution is 5.85. The minimum atomic E-state index is 0. The molecule has 1 N–H and O–H groups in total. The molecule has 1 fully saturated rings. The lowest BCUT2D eigenvalue weighted by molar-refractivity contribution is 0.305. The number of anilines is 1. The minimum absolute atomic E-state index is 0. The topological polar surface area (TPSA) is 41.1 Å². The second kappa shape index (κ2) is 6.25. The summed E-state index contributed by atoms with van der Waals surface area (Å²) in [4.78, 5) is 11.2. The van der Waals surface area contributed by atoms with Crippen LogP contribution in [-0.4, -0.2) is 37.2 Å². The third kappa shape index (κ3) is 2.81. The van der Waals surface area contributed by atoms with E-state index in [1.165, 1.54) is 30.5 Å². The molecular formula is C13H22Cl2N4. The number of nitrogens with zero attached hydrogens (tertiary/aromatic N) is 3. The average molecular weight is 305 g/mol. The zero-order valence-corrected chi connectivity index (χ0v) is 13.1. The number of rotatable bonds is 1. The van der Waals surface area contributed by atoms with Crippen LogP contribution in [0.5, 0.6) is 0 Å². The van der Waals surface area contributed by atoms with E-state index in [2.05, 4.69) is 10.3 Å². The molecule has 0 aromatic carbocycles. The second-order valence-corrected chi connectivity index (χ2v) is 5.50. The van der Waals surface area contributed by atoms with Crippen molar-refractivity contribution in [2.75, 3.05) is 32.1 Å². The summed E-state index contributed by atoms with van der Waals surface area (Å²) in [7, 11) is 4.00. The molecule has 0 bridgehead atoms. The molecule has 1 atom stereocenters. The van der Waals surface area contributed by atoms with Crippen LogP contribution in [-0.2, 0) is 11.8 Å². The van der Waals surface area contributed by atoms with Crippen molar-refractivity contribution in [2.45, 2.75) is 31.1 Å². The zero-order valence-electron chi connectivity index (χ0n) is 11.5. The Bertz CT molecular complexity index is 425. The number of nitrogens with one attached hydrogen (secondary N) is 1. The summed E-state index contributed by atoms with van der Waals surface area (Å²) < 4.78 is 0. The summed E-state index contributed by atoms with van der Waals surface area (Å²) in [5, 5.41) is 3.53. The van der Waals surface area contributed by atoms with E-state index in [0.29, 0.717) is 5.41 Å². The Hall–Kier alpha value is -0.580. The van der Waals surface area contributed by atoms with Crippen molar-refractivity contribution in [2.24, 2.45) is 0 Å². The van der Waals surface area contributed by atoms with Crippen LogP contribution in [0.2, 0.25) is 0 Å². The fourth-order valence-electron chi connectivity index (χ4n) is 3.13. The van der Waals surface area contributed by atoms with Crippen LogP contribution < -0.4 is 10.2 Å². The summed E-state index contributed by atoms with van der Waals surface area (Å²) in [6.07, 6.45) is 6.95. The summed E-state index contributed by atoms with van der Waals surface area (Å²) in [6.45, 7) is 2.24. The molecular weight excluding hydrogens is 283 g/mol. The Kier molecular flexibility index (Phi) is 5.42. The first-order valence-electron chi connectivity index (χ1n) is 6.46. The lowest BCUT2D eigenvalue weighted by Gasteiger charge is -2.34. The second-order valence-electron chi connectivity index (χ2n) is 5.50. The van der Waals surface area contributed by atoms with E-state index in [0.717, 1.165) is 25.5 Å². The molecule has 0 radical (unpaired) electrons. The lowest BCUT2D eigenvalue weighted by atomic mass is 9.78. The Morgan fingerprint density at radius 2 is 2.05 bits per heavy atom. The third-order valence-electron chi connectivity index (χ3n) is 4.10. The maximum Gasteiger partial charge on any atom is 0.225 e. The van der Waals surface area contributed by atoms with Crippen molar-refractivity contribution in [1.82, 2.24) is 15.3 Å². The predicted octanol–water partition coefficient (Wildman–Crippen LogP) is 1.95. The van der Waals surface area contributed by atoms with E-state index in [-0.39, 0.29) is 24.8 Å². The first-order chi connectivity index (χ1) is 8.21. The number of hydrogen-bond donors (Lipinski definition) is 1. The summed E-state index contributed by atoms with van der Waals surface area (Å²) in [6, 6.07) is 0. The summed E-state index contributed by atoms with van der Waals surface area (Å²) >= 11 is 0. The summed E-state index contributed by atoms with van der Waals surface area (Å²) in [5.41, 5.74) is 2.96. The van der Waals surface area contributed by atoms with Gasteiger partial charge in [0, 0.05) is 32.3 Å². The number of aryl methyl sites for hydroxylation is 1. The molecule has 2 aliphatic rings. The van der Waals surface area contributed by atoms with E-state index in [1.807, 2.05) is 25.2 Å². The molecule has 2 heterocycles. The van der Waals surface area contributed by atoms with Gasteiger partial charge in [-0.1, -0.05) is 0 Å². The number of fused-ring (bicyclic) bond motifs is 2. The monoisotopic (exact) mass is 304 g/mol. The molecule has 4 nitrogen and oxygen atoms in total. The molecule has 19 heavy (non-hydrogen) atoms. The van der Waals surface area contributed by atoms with E-state index in [9.17, 15) is 0 Å². The van der Waals surface area contributed by atoms with Crippen molar-refractivity contribution in [3.05, 3.63) is 17.5 Å². The van der Waals surface area contributed by atoms with Crippen molar-refractivity contribution < 1.29 is 0 Å². The molecule has 1 spiro atoms. The Balaban J connectivity index is 0.000000902. The normalized spacial score (nSPS) is 24.3. The number of hydrogen-bond acceptors (Lipinski definition) is 4. The van der Waals surface area contributed by atoms with Crippen LogP contribution in [0.15, 0.2) is 6.20 Å². The van der Waals surface area contributed by atoms with Crippen LogP contribution in [0.3, 0.4) is 0 Å². The molecule has 0 amide bonds. The van der Waals surface area contributed by atoms with Gasteiger partial charge in [-0.3, -0.25) is 0 Å².